The third kappa shape index (κ3) is 11.4. The number of likely N-dealkylation sites (tertiary alicyclic amines) is 1. The number of allylic oxidation sites excluding steroid dienone is 1. The summed E-state index contributed by atoms with van der Waals surface area (Å²) in [5.41, 5.74) is 9.96. The highest BCUT2D eigenvalue weighted by molar-refractivity contribution is 7.81. The van der Waals surface area contributed by atoms with Crippen LogP contribution in [0.1, 0.15) is 86.7 Å². The van der Waals surface area contributed by atoms with Crippen LogP contribution in [0.2, 0.25) is 0 Å². The molecule has 1 heterocycles. The molecule has 2 aromatic rings. The molecule has 1 saturated heterocycles. The number of amides is 2. The highest BCUT2D eigenvalue weighted by Crippen LogP contribution is 2.35. The van der Waals surface area contributed by atoms with Crippen LogP contribution in [-0.2, 0) is 33.1 Å². The predicted molar refractivity (Wildman–Crippen MR) is 189 cm³/mol. The minimum absolute atomic E-state index is 0.0480. The van der Waals surface area contributed by atoms with Gasteiger partial charge in [-0.15, -0.1) is 0 Å². The number of halogens is 1. The first-order valence-electron chi connectivity index (χ1n) is 17.2. The Morgan fingerprint density at radius 1 is 1.02 bits per heavy atom. The second kappa shape index (κ2) is 18.5. The zero-order valence-corrected chi connectivity index (χ0v) is 29.5. The van der Waals surface area contributed by atoms with Gasteiger partial charge >= 0.3 is 18.0 Å². The van der Waals surface area contributed by atoms with Gasteiger partial charge in [0, 0.05) is 30.3 Å². The molecule has 0 bridgehead atoms. The standard InChI is InChI=1S/C35H48BFN5O7S/c1-23(33(27-7-5-8-27)42-20-6-10-32(42)36-46)40-34(44)28-15-11-26(12-16-28)22-39-31(35(45)41-30(24(2)43)9-3-4-19-38)21-25-13-17-29(18-14-25)49-50(37,47)48/h11-18,23,30-32,39,46H,3-10,19-22,38H2,1-2H3,(H,40,44)(H,41,45). The summed E-state index contributed by atoms with van der Waals surface area (Å²) in [6, 6.07) is 11.0. The molecule has 4 rings (SSSR count). The fourth-order valence-corrected chi connectivity index (χ4v) is 6.75. The molecule has 4 atom stereocenters. The van der Waals surface area contributed by atoms with Crippen molar-refractivity contribution < 1.29 is 35.9 Å². The smallest absolute Gasteiger partial charge is 0.452 e. The molecule has 2 amide bonds. The summed E-state index contributed by atoms with van der Waals surface area (Å²) in [7, 11) is -3.93. The second-order valence-corrected chi connectivity index (χ2v) is 14.0. The third-order valence-electron chi connectivity index (χ3n) is 9.26. The molecule has 1 radical (unpaired) electrons. The van der Waals surface area contributed by atoms with Gasteiger partial charge in [0.1, 0.15) is 5.75 Å². The molecule has 2 fully saturated rings. The van der Waals surface area contributed by atoms with Crippen LogP contribution < -0.4 is 25.9 Å². The first-order valence-corrected chi connectivity index (χ1v) is 18.5. The Kier molecular flexibility index (Phi) is 14.4. The molecule has 1 saturated carbocycles. The Morgan fingerprint density at radius 2 is 1.70 bits per heavy atom. The van der Waals surface area contributed by atoms with E-state index in [4.69, 9.17) is 5.73 Å². The average Bonchev–Trinajstić information content (AvgIpc) is 3.52. The van der Waals surface area contributed by atoms with E-state index >= 15 is 0 Å². The van der Waals surface area contributed by atoms with Crippen LogP contribution in [0, 0.1) is 0 Å². The van der Waals surface area contributed by atoms with E-state index in [0.717, 1.165) is 56.3 Å². The van der Waals surface area contributed by atoms with Crippen molar-refractivity contribution in [3.05, 3.63) is 76.5 Å². The summed E-state index contributed by atoms with van der Waals surface area (Å²) < 4.78 is 38.9. The van der Waals surface area contributed by atoms with Gasteiger partial charge < -0.3 is 35.8 Å². The summed E-state index contributed by atoms with van der Waals surface area (Å²) in [4.78, 5) is 41.3. The van der Waals surface area contributed by atoms with Crippen molar-refractivity contribution in [2.75, 3.05) is 13.1 Å². The first-order chi connectivity index (χ1) is 23.9. The van der Waals surface area contributed by atoms with Gasteiger partial charge in [-0.1, -0.05) is 28.2 Å². The van der Waals surface area contributed by atoms with Gasteiger partial charge in [0.2, 0.25) is 5.91 Å². The van der Waals surface area contributed by atoms with Gasteiger partial charge in [-0.3, -0.25) is 14.4 Å². The highest BCUT2D eigenvalue weighted by Gasteiger charge is 2.33. The van der Waals surface area contributed by atoms with Crippen LogP contribution in [-0.4, -0.2) is 80.6 Å². The van der Waals surface area contributed by atoms with Crippen LogP contribution >= 0.6 is 0 Å². The maximum Gasteiger partial charge on any atom is 0.488 e. The lowest BCUT2D eigenvalue weighted by Crippen LogP contribution is -2.50. The SMILES string of the molecule is CC(=O)C(CCCCN)NC(=O)C(Cc1ccc(OS(=O)(=O)F)cc1)NCc1ccc(C(=O)NC(C)C(=C2CCC2)N2CCCC2[B]O)cc1. The number of nitrogens with zero attached hydrogens (tertiary/aromatic N) is 1. The number of rotatable bonds is 19. The monoisotopic (exact) mass is 712 g/mol. The molecule has 1 aliphatic heterocycles. The van der Waals surface area contributed by atoms with Crippen molar-refractivity contribution in [2.45, 2.75) is 102 Å². The Balaban J connectivity index is 1.42. The zero-order valence-electron chi connectivity index (χ0n) is 28.7. The lowest BCUT2D eigenvalue weighted by Gasteiger charge is -2.36. The minimum Gasteiger partial charge on any atom is -0.452 e. The van der Waals surface area contributed by atoms with Crippen molar-refractivity contribution in [3.63, 3.8) is 0 Å². The summed E-state index contributed by atoms with van der Waals surface area (Å²) >= 11 is 0. The van der Waals surface area contributed by atoms with Crippen molar-refractivity contribution in [1.82, 2.24) is 20.9 Å². The van der Waals surface area contributed by atoms with Crippen molar-refractivity contribution in [3.8, 4) is 5.75 Å². The van der Waals surface area contributed by atoms with E-state index in [1.165, 1.54) is 44.2 Å². The molecule has 0 aromatic heterocycles. The van der Waals surface area contributed by atoms with Gasteiger partial charge in [-0.2, -0.15) is 8.42 Å². The van der Waals surface area contributed by atoms with Crippen molar-refractivity contribution >= 4 is 35.6 Å². The van der Waals surface area contributed by atoms with Crippen LogP contribution in [0.25, 0.3) is 0 Å². The van der Waals surface area contributed by atoms with Crippen LogP contribution in [0.5, 0.6) is 5.75 Å². The largest absolute Gasteiger partial charge is 0.488 e. The Hall–Kier alpha value is -3.79. The summed E-state index contributed by atoms with van der Waals surface area (Å²) in [5, 5.41) is 19.0. The van der Waals surface area contributed by atoms with E-state index in [-0.39, 0.29) is 42.4 Å². The normalized spacial score (nSPS) is 17.7. The molecule has 1 aliphatic carbocycles. The average molecular weight is 713 g/mol. The topological polar surface area (TPSA) is 180 Å². The number of hydrogen-bond donors (Lipinski definition) is 5. The number of ketones is 1. The maximum atomic E-state index is 13.5. The fourth-order valence-electron chi connectivity index (χ4n) is 6.41. The molecule has 12 nitrogen and oxygen atoms in total. The molecule has 2 aromatic carbocycles. The molecule has 271 valence electrons. The number of carbonyl (C=O) groups is 3. The number of carbonyl (C=O) groups excluding carboxylic acids is 3. The van der Waals surface area contributed by atoms with E-state index in [1.54, 1.807) is 24.3 Å². The van der Waals surface area contributed by atoms with Crippen LogP contribution in [0.15, 0.2) is 59.8 Å². The van der Waals surface area contributed by atoms with Crippen molar-refractivity contribution in [2.24, 2.45) is 5.73 Å². The maximum absolute atomic E-state index is 13.5. The van der Waals surface area contributed by atoms with Crippen LogP contribution in [0.4, 0.5) is 3.89 Å². The van der Waals surface area contributed by atoms with E-state index in [1.807, 2.05) is 6.92 Å². The van der Waals surface area contributed by atoms with Gasteiger partial charge in [0.25, 0.3) is 5.91 Å². The highest BCUT2D eigenvalue weighted by atomic mass is 32.3. The molecule has 15 heteroatoms. The van der Waals surface area contributed by atoms with E-state index < -0.39 is 28.5 Å². The summed E-state index contributed by atoms with van der Waals surface area (Å²) in [6.07, 6.45) is 7.00. The summed E-state index contributed by atoms with van der Waals surface area (Å²) in [5.74, 6) is -1.04. The second-order valence-electron chi connectivity index (χ2n) is 13.0. The van der Waals surface area contributed by atoms with Crippen LogP contribution in [0.3, 0.4) is 0 Å². The number of nitrogens with one attached hydrogen (secondary N) is 3. The number of Topliss-reactive ketones (excluding diaryl/α,β-unsaturated/α-hetero) is 1. The van der Waals surface area contributed by atoms with E-state index in [0.29, 0.717) is 30.5 Å². The number of nitrogens with two attached hydrogens (primary N) is 1. The molecule has 6 N–H and O–H groups in total. The quantitative estimate of drug-likeness (QED) is 0.0826. The Labute approximate surface area is 295 Å². The molecule has 4 unspecified atom stereocenters. The number of hydrogen-bond acceptors (Lipinski definition) is 10. The van der Waals surface area contributed by atoms with Gasteiger partial charge in [0.15, 0.2) is 5.78 Å². The fraction of sp³-hybridized carbons (Fsp3) is 0.514. The Bertz CT molecular complexity index is 1600. The molecular weight excluding hydrogens is 664 g/mol. The van der Waals surface area contributed by atoms with Gasteiger partial charge in [-0.25, -0.2) is 0 Å². The van der Waals surface area contributed by atoms with Gasteiger partial charge in [-0.05, 0) is 119 Å². The van der Waals surface area contributed by atoms with Gasteiger partial charge in [0.05, 0.1) is 18.1 Å². The number of unbranched alkanes of at least 4 members (excludes halogenated alkanes) is 1. The molecular formula is C35H48BFN5O7S. The number of benzene rings is 2. The molecule has 2 aliphatic rings. The zero-order chi connectivity index (χ0) is 36.3. The van der Waals surface area contributed by atoms with E-state index in [2.05, 4.69) is 25.0 Å². The minimum atomic E-state index is -5.18. The molecule has 0 spiro atoms. The summed E-state index contributed by atoms with van der Waals surface area (Å²) in [6.45, 7) is 4.99. The lowest BCUT2D eigenvalue weighted by atomic mass is 9.83. The predicted octanol–water partition coefficient (Wildman–Crippen LogP) is 2.77. The van der Waals surface area contributed by atoms with Crippen molar-refractivity contribution in [1.29, 1.82) is 0 Å². The Morgan fingerprint density at radius 3 is 2.28 bits per heavy atom. The molecule has 50 heavy (non-hydrogen) atoms. The van der Waals surface area contributed by atoms with E-state index in [9.17, 15) is 31.7 Å². The lowest BCUT2D eigenvalue weighted by molar-refractivity contribution is -0.128. The third-order valence-corrected chi connectivity index (χ3v) is 9.65. The first kappa shape index (κ1) is 39.0.